The van der Waals surface area contributed by atoms with Crippen LogP contribution < -0.4 is 9.21 Å². The summed E-state index contributed by atoms with van der Waals surface area (Å²) < 4.78 is 27.8. The van der Waals surface area contributed by atoms with Gasteiger partial charge in [0.15, 0.2) is 0 Å². The highest BCUT2D eigenvalue weighted by Gasteiger charge is 2.47. The van der Waals surface area contributed by atoms with Gasteiger partial charge in [0, 0.05) is 7.05 Å². The number of halogens is 2. The normalized spacial score (nSPS) is 18.0. The number of anilines is 2. The number of carboxylic acids is 1. The smallest absolute Gasteiger partial charge is 0.308 e. The molecule has 1 amide bonds. The lowest BCUT2D eigenvalue weighted by Gasteiger charge is -2.42. The Bertz CT molecular complexity index is 1070. The Labute approximate surface area is 172 Å². The maximum Gasteiger partial charge on any atom is 0.308 e. The minimum absolute atomic E-state index is 0.0271. The zero-order chi connectivity index (χ0) is 20.8. The van der Waals surface area contributed by atoms with Crippen LogP contribution in [0.2, 0.25) is 10.0 Å². The van der Waals surface area contributed by atoms with Crippen LogP contribution in [0, 0.1) is 5.92 Å². The first-order valence-electron chi connectivity index (χ1n) is 8.16. The number of carbonyl (C=O) groups excluding carboxylic acids is 1. The molecule has 148 valence electrons. The molecule has 0 spiro atoms. The predicted molar refractivity (Wildman–Crippen MR) is 107 cm³/mol. The third kappa shape index (κ3) is 3.21. The Kier molecular flexibility index (Phi) is 5.31. The molecule has 10 heteroatoms. The highest BCUT2D eigenvalue weighted by Crippen LogP contribution is 2.41. The van der Waals surface area contributed by atoms with Crippen LogP contribution >= 0.6 is 23.2 Å². The Hall–Kier alpha value is -2.29. The number of para-hydroxylation sites is 2. The van der Waals surface area contributed by atoms with E-state index in [9.17, 15) is 23.1 Å². The molecule has 0 saturated heterocycles. The molecule has 0 aromatic heterocycles. The van der Waals surface area contributed by atoms with Gasteiger partial charge in [0.25, 0.3) is 15.9 Å². The van der Waals surface area contributed by atoms with E-state index < -0.39 is 33.9 Å². The van der Waals surface area contributed by atoms with Gasteiger partial charge in [-0.15, -0.1) is 0 Å². The van der Waals surface area contributed by atoms with Crippen molar-refractivity contribution in [2.45, 2.75) is 17.9 Å². The molecule has 2 aromatic carbocycles. The first-order chi connectivity index (χ1) is 13.1. The third-order valence-electron chi connectivity index (χ3n) is 4.63. The summed E-state index contributed by atoms with van der Waals surface area (Å²) in [4.78, 5) is 25.7. The summed E-state index contributed by atoms with van der Waals surface area (Å²) in [5.41, 5.74) is 0.554. The van der Waals surface area contributed by atoms with Crippen molar-refractivity contribution in [3.63, 3.8) is 0 Å². The van der Waals surface area contributed by atoms with Crippen LogP contribution in [0.25, 0.3) is 0 Å². The van der Waals surface area contributed by atoms with Crippen molar-refractivity contribution < 1.29 is 23.1 Å². The molecule has 2 atom stereocenters. The maximum atomic E-state index is 13.5. The number of carbonyl (C=O) groups is 2. The predicted octanol–water partition coefficient (Wildman–Crippen LogP) is 3.25. The largest absolute Gasteiger partial charge is 0.481 e. The summed E-state index contributed by atoms with van der Waals surface area (Å²) in [6.45, 7) is 1.30. The van der Waals surface area contributed by atoms with Crippen molar-refractivity contribution in [3.05, 3.63) is 52.5 Å². The van der Waals surface area contributed by atoms with Gasteiger partial charge in [-0.25, -0.2) is 8.42 Å². The lowest BCUT2D eigenvalue weighted by Crippen LogP contribution is -2.58. The summed E-state index contributed by atoms with van der Waals surface area (Å²) in [6, 6.07) is 8.69. The number of benzene rings is 2. The van der Waals surface area contributed by atoms with Crippen LogP contribution in [-0.2, 0) is 19.6 Å². The van der Waals surface area contributed by atoms with Crippen LogP contribution in [0.15, 0.2) is 47.4 Å². The number of sulfonamides is 1. The summed E-state index contributed by atoms with van der Waals surface area (Å²) in [5.74, 6) is -3.22. The fourth-order valence-corrected chi connectivity index (χ4v) is 5.17. The molecule has 0 saturated carbocycles. The Morgan fingerprint density at radius 2 is 1.71 bits per heavy atom. The van der Waals surface area contributed by atoms with E-state index in [1.165, 1.54) is 43.1 Å². The zero-order valence-electron chi connectivity index (χ0n) is 14.8. The van der Waals surface area contributed by atoms with E-state index in [4.69, 9.17) is 23.2 Å². The quantitative estimate of drug-likeness (QED) is 0.783. The second-order valence-corrected chi connectivity index (χ2v) is 8.96. The Balaban J connectivity index is 2.28. The first kappa shape index (κ1) is 20.4. The lowest BCUT2D eigenvalue weighted by molar-refractivity contribution is -0.143. The molecule has 7 nitrogen and oxygen atoms in total. The molecule has 1 heterocycles. The molecule has 0 radical (unpaired) electrons. The van der Waals surface area contributed by atoms with E-state index in [1.807, 2.05) is 0 Å². The highest BCUT2D eigenvalue weighted by atomic mass is 35.5. The van der Waals surface area contributed by atoms with E-state index in [-0.39, 0.29) is 20.6 Å². The van der Waals surface area contributed by atoms with Gasteiger partial charge in [-0.3, -0.25) is 13.9 Å². The average molecular weight is 443 g/mol. The van der Waals surface area contributed by atoms with Crippen LogP contribution in [0.1, 0.15) is 6.92 Å². The van der Waals surface area contributed by atoms with Gasteiger partial charge in [-0.1, -0.05) is 35.3 Å². The van der Waals surface area contributed by atoms with Crippen LogP contribution in [0.4, 0.5) is 11.4 Å². The van der Waals surface area contributed by atoms with E-state index in [1.54, 1.807) is 18.2 Å². The number of hydrogen-bond donors (Lipinski definition) is 1. The molecule has 0 aliphatic carbocycles. The first-order valence-corrected chi connectivity index (χ1v) is 10.4. The topological polar surface area (TPSA) is 95.0 Å². The average Bonchev–Trinajstić information content (AvgIpc) is 2.65. The van der Waals surface area contributed by atoms with Crippen molar-refractivity contribution in [3.8, 4) is 0 Å². The molecule has 1 N–H and O–H groups in total. The molecule has 28 heavy (non-hydrogen) atoms. The maximum absolute atomic E-state index is 13.5. The summed E-state index contributed by atoms with van der Waals surface area (Å²) >= 11 is 11.9. The summed E-state index contributed by atoms with van der Waals surface area (Å²) in [7, 11) is -2.84. The van der Waals surface area contributed by atoms with Crippen LogP contribution in [0.5, 0.6) is 0 Å². The fraction of sp³-hybridized carbons (Fsp3) is 0.222. The van der Waals surface area contributed by atoms with E-state index in [2.05, 4.69) is 0 Å². The van der Waals surface area contributed by atoms with E-state index in [0.29, 0.717) is 5.69 Å². The number of carboxylic acid groups (broad SMARTS) is 1. The standard InChI is InChI=1S/C18H16Cl2N2O5S/c1-10(18(24)25)16-17(23)21(2)14-5-3-4-6-15(14)22(16)28(26,27)11-7-8-12(19)13(20)9-11/h3-10,16H,1-2H3,(H,24,25)/t10-,16?/m1/s1. The van der Waals surface area contributed by atoms with Crippen LogP contribution in [-0.4, -0.2) is 38.5 Å². The monoisotopic (exact) mass is 442 g/mol. The minimum atomic E-state index is -4.32. The molecular formula is C18H16Cl2N2O5S. The number of amides is 1. The van der Waals surface area contributed by atoms with Gasteiger partial charge in [0.1, 0.15) is 6.04 Å². The van der Waals surface area contributed by atoms with Gasteiger partial charge >= 0.3 is 5.97 Å². The molecular weight excluding hydrogens is 427 g/mol. The third-order valence-corrected chi connectivity index (χ3v) is 7.16. The number of rotatable bonds is 4. The Morgan fingerprint density at radius 3 is 2.29 bits per heavy atom. The SMILES string of the molecule is C[C@@H](C(=O)O)C1C(=O)N(C)c2ccccc2N1S(=O)(=O)c1ccc(Cl)c(Cl)c1. The van der Waals surface area contributed by atoms with Crippen molar-refractivity contribution in [1.82, 2.24) is 0 Å². The molecule has 1 unspecified atom stereocenters. The van der Waals surface area contributed by atoms with Gasteiger partial charge in [-0.2, -0.15) is 0 Å². The molecule has 0 fully saturated rings. The van der Waals surface area contributed by atoms with Gasteiger partial charge in [0.2, 0.25) is 0 Å². The molecule has 0 bridgehead atoms. The molecule has 1 aliphatic rings. The molecule has 1 aliphatic heterocycles. The summed E-state index contributed by atoms with van der Waals surface area (Å²) in [5, 5.41) is 9.69. The van der Waals surface area contributed by atoms with Gasteiger partial charge in [-0.05, 0) is 37.3 Å². The molecule has 3 rings (SSSR count). The van der Waals surface area contributed by atoms with Crippen LogP contribution in [0.3, 0.4) is 0 Å². The number of fused-ring (bicyclic) bond motifs is 1. The number of hydrogen-bond acceptors (Lipinski definition) is 4. The number of likely N-dealkylation sites (N-methyl/N-ethyl adjacent to an activating group) is 1. The minimum Gasteiger partial charge on any atom is -0.481 e. The Morgan fingerprint density at radius 1 is 1.11 bits per heavy atom. The molecule has 2 aromatic rings. The number of aliphatic carboxylic acids is 1. The van der Waals surface area contributed by atoms with Crippen molar-refractivity contribution in [1.29, 1.82) is 0 Å². The summed E-state index contributed by atoms with van der Waals surface area (Å²) in [6.07, 6.45) is 0. The van der Waals surface area contributed by atoms with Crippen molar-refractivity contribution in [2.75, 3.05) is 16.3 Å². The second kappa shape index (κ2) is 7.27. The number of nitrogens with zero attached hydrogens (tertiary/aromatic N) is 2. The second-order valence-electron chi connectivity index (χ2n) is 6.33. The van der Waals surface area contributed by atoms with Gasteiger partial charge in [0.05, 0.1) is 32.2 Å². The lowest BCUT2D eigenvalue weighted by atomic mass is 9.97. The van der Waals surface area contributed by atoms with Gasteiger partial charge < -0.3 is 10.0 Å². The highest BCUT2D eigenvalue weighted by molar-refractivity contribution is 7.93. The van der Waals surface area contributed by atoms with Crippen molar-refractivity contribution >= 4 is 56.5 Å². The van der Waals surface area contributed by atoms with Crippen molar-refractivity contribution in [2.24, 2.45) is 5.92 Å². The zero-order valence-corrected chi connectivity index (χ0v) is 17.2. The fourth-order valence-electron chi connectivity index (χ4n) is 3.08. The van der Waals surface area contributed by atoms with E-state index >= 15 is 0 Å². The van der Waals surface area contributed by atoms with E-state index in [0.717, 1.165) is 4.31 Å².